The molecule has 0 bridgehead atoms. The van der Waals surface area contributed by atoms with Crippen molar-refractivity contribution in [3.63, 3.8) is 0 Å². The second-order valence-electron chi connectivity index (χ2n) is 3.27. The number of unbranched alkanes of at least 4 members (excludes halogenated alkanes) is 2. The first-order valence-corrected chi connectivity index (χ1v) is 5.35. The van der Waals surface area contributed by atoms with Gasteiger partial charge in [-0.15, -0.1) is 0 Å². The van der Waals surface area contributed by atoms with Gasteiger partial charge in [-0.25, -0.2) is 0 Å². The molecule has 0 spiro atoms. The molecule has 0 fully saturated rings. The van der Waals surface area contributed by atoms with Gasteiger partial charge in [0.1, 0.15) is 0 Å². The second kappa shape index (κ2) is 10.6. The summed E-state index contributed by atoms with van der Waals surface area (Å²) in [5.41, 5.74) is 0. The molecule has 0 saturated heterocycles. The maximum absolute atomic E-state index is 9.92. The maximum atomic E-state index is 9.92. The molecule has 3 nitrogen and oxygen atoms in total. The van der Waals surface area contributed by atoms with Gasteiger partial charge in [-0.3, -0.25) is 0 Å². The minimum absolute atomic E-state index is 0. The van der Waals surface area contributed by atoms with Gasteiger partial charge in [0.05, 0.1) is 11.0 Å². The van der Waals surface area contributed by atoms with E-state index in [4.69, 9.17) is 0 Å². The first-order valence-electron chi connectivity index (χ1n) is 4.35. The summed E-state index contributed by atoms with van der Waals surface area (Å²) in [5, 5.41) is 0. The zero-order valence-corrected chi connectivity index (χ0v) is 9.56. The first-order chi connectivity index (χ1) is 5.63. The van der Waals surface area contributed by atoms with Crippen molar-refractivity contribution in [2.24, 2.45) is 5.92 Å². The molecular formula is C8H17LiO3S. The summed E-state index contributed by atoms with van der Waals surface area (Å²) in [6.45, 7) is 4.70. The van der Waals surface area contributed by atoms with Gasteiger partial charge >= 0.3 is 18.9 Å². The van der Waals surface area contributed by atoms with Gasteiger partial charge in [-0.2, -0.15) is 0 Å². The van der Waals surface area contributed by atoms with Gasteiger partial charge in [0, 0.05) is 6.61 Å². The van der Waals surface area contributed by atoms with Crippen LogP contribution in [0.5, 0.6) is 0 Å². The van der Waals surface area contributed by atoms with Crippen molar-refractivity contribution >= 4 is 11.0 Å². The van der Waals surface area contributed by atoms with Crippen LogP contribution in [0.1, 0.15) is 39.5 Å². The van der Waals surface area contributed by atoms with Crippen molar-refractivity contribution in [2.75, 3.05) is 6.61 Å². The van der Waals surface area contributed by atoms with E-state index >= 15 is 0 Å². The fraction of sp³-hybridized carbons (Fsp3) is 1.00. The Bertz CT molecular complexity index is 161. The van der Waals surface area contributed by atoms with Crippen LogP contribution in [0.25, 0.3) is 0 Å². The summed E-state index contributed by atoms with van der Waals surface area (Å²) in [5.74, 6) is 0.736. The van der Waals surface area contributed by atoms with Crippen LogP contribution in [0.2, 0.25) is 0 Å². The average molecular weight is 200 g/mol. The third kappa shape index (κ3) is 15.3. The maximum Gasteiger partial charge on any atom is 1.00 e. The summed E-state index contributed by atoms with van der Waals surface area (Å²) in [6.07, 6.45) is 4.25. The molecule has 0 rings (SSSR count). The Morgan fingerprint density at radius 2 is 1.77 bits per heavy atom. The molecule has 0 radical (unpaired) electrons. The number of hydrogen-bond acceptors (Lipinski definition) is 4. The molecule has 0 unspecified atom stereocenters. The Kier molecular flexibility index (Phi) is 13.0. The van der Waals surface area contributed by atoms with Crippen LogP contribution in [-0.4, -0.2) is 6.61 Å². The smallest absolute Gasteiger partial charge is 0.424 e. The summed E-state index contributed by atoms with van der Waals surface area (Å²) < 4.78 is 24.2. The first kappa shape index (κ1) is 16.0. The molecule has 0 aliphatic heterocycles. The van der Waals surface area contributed by atoms with E-state index < -0.39 is 11.0 Å². The van der Waals surface area contributed by atoms with E-state index in [-0.39, 0.29) is 18.9 Å². The fourth-order valence-electron chi connectivity index (χ4n) is 0.958. The third-order valence-corrected chi connectivity index (χ3v) is 1.96. The Labute approximate surface area is 94.6 Å². The molecule has 0 heterocycles. The van der Waals surface area contributed by atoms with E-state index in [0.717, 1.165) is 25.2 Å². The second-order valence-corrected chi connectivity index (χ2v) is 3.91. The quantitative estimate of drug-likeness (QED) is 0.314. The van der Waals surface area contributed by atoms with Gasteiger partial charge in [0.2, 0.25) is 0 Å². The molecule has 0 aliphatic rings. The molecule has 0 aromatic carbocycles. The molecule has 0 aromatic rings. The third-order valence-electron chi connectivity index (χ3n) is 1.61. The van der Waals surface area contributed by atoms with Crippen molar-refractivity contribution in [2.45, 2.75) is 39.5 Å². The van der Waals surface area contributed by atoms with Gasteiger partial charge < -0.3 is 12.6 Å². The van der Waals surface area contributed by atoms with Crippen LogP contribution in [0.4, 0.5) is 0 Å². The van der Waals surface area contributed by atoms with Gasteiger partial charge in [0.25, 0.3) is 0 Å². The zero-order valence-electron chi connectivity index (χ0n) is 8.75. The number of hydrogen-bond donors (Lipinski definition) is 0. The summed E-state index contributed by atoms with van der Waals surface area (Å²) in [7, 11) is -2.33. The van der Waals surface area contributed by atoms with E-state index in [2.05, 4.69) is 18.0 Å². The summed E-state index contributed by atoms with van der Waals surface area (Å²) in [4.78, 5) is 0. The molecular weight excluding hydrogens is 183 g/mol. The van der Waals surface area contributed by atoms with Crippen molar-refractivity contribution in [3.05, 3.63) is 0 Å². The Hall–Kier alpha value is 0.507. The summed E-state index contributed by atoms with van der Waals surface area (Å²) in [6, 6.07) is 0. The topological polar surface area (TPSA) is 43.4 Å². The molecule has 0 saturated carbocycles. The molecule has 0 aliphatic carbocycles. The Morgan fingerprint density at radius 1 is 1.15 bits per heavy atom. The largest absolute Gasteiger partial charge is 1.00 e. The monoisotopic (exact) mass is 200 g/mol. The Morgan fingerprint density at radius 3 is 2.23 bits per heavy atom. The SMILES string of the molecule is CC(C)CCCCCO[S-](=O)=O.[Li+]. The van der Waals surface area contributed by atoms with Crippen molar-refractivity contribution in [3.8, 4) is 0 Å². The van der Waals surface area contributed by atoms with Crippen molar-refractivity contribution in [1.29, 1.82) is 0 Å². The fourth-order valence-corrected chi connectivity index (χ4v) is 1.21. The standard InChI is InChI=1S/C8H17O3S.Li/c1-8(2)6-4-3-5-7-11-12(9)10;/h8H,3-7H2,1-2H3;/q-1;+1. The normalized spacial score (nSPS) is 10.5. The summed E-state index contributed by atoms with van der Waals surface area (Å²) >= 11 is 0. The zero-order chi connectivity index (χ0) is 9.40. The molecule has 5 heteroatoms. The van der Waals surface area contributed by atoms with E-state index in [1.807, 2.05) is 0 Å². The van der Waals surface area contributed by atoms with Crippen LogP contribution in [0, 0.1) is 5.92 Å². The predicted octanol–water partition coefficient (Wildman–Crippen LogP) is -0.552. The molecule has 13 heavy (non-hydrogen) atoms. The number of rotatable bonds is 7. The Balaban J connectivity index is 0. The van der Waals surface area contributed by atoms with Crippen LogP contribution >= 0.6 is 0 Å². The van der Waals surface area contributed by atoms with Crippen LogP contribution in [0.15, 0.2) is 0 Å². The minimum atomic E-state index is -2.33. The van der Waals surface area contributed by atoms with Crippen LogP contribution < -0.4 is 18.9 Å². The molecule has 0 aromatic heterocycles. The van der Waals surface area contributed by atoms with Gasteiger partial charge in [-0.05, 0) is 12.3 Å². The van der Waals surface area contributed by atoms with E-state index in [0.29, 0.717) is 6.61 Å². The minimum Gasteiger partial charge on any atom is -0.424 e. The predicted molar refractivity (Wildman–Crippen MR) is 48.0 cm³/mol. The van der Waals surface area contributed by atoms with Gasteiger partial charge in [0.15, 0.2) is 0 Å². The van der Waals surface area contributed by atoms with Gasteiger partial charge in [-0.1, -0.05) is 33.1 Å². The van der Waals surface area contributed by atoms with Crippen molar-refractivity contribution in [1.82, 2.24) is 0 Å². The van der Waals surface area contributed by atoms with E-state index in [9.17, 15) is 8.42 Å². The molecule has 0 N–H and O–H groups in total. The average Bonchev–Trinajstić information content (AvgIpc) is 1.95. The van der Waals surface area contributed by atoms with Crippen LogP contribution in [-0.2, 0) is 23.6 Å². The molecule has 0 amide bonds. The van der Waals surface area contributed by atoms with E-state index in [1.165, 1.54) is 6.42 Å². The van der Waals surface area contributed by atoms with Crippen LogP contribution in [0.3, 0.4) is 0 Å². The van der Waals surface area contributed by atoms with E-state index in [1.54, 1.807) is 0 Å². The van der Waals surface area contributed by atoms with Crippen molar-refractivity contribution < 1.29 is 31.5 Å². The molecule has 0 atom stereocenters. The molecule has 74 valence electrons.